The Bertz CT molecular complexity index is 1180. The molecule has 6 nitrogen and oxygen atoms in total. The number of Topliss-reactive ketones (excluding diaryl/α,β-unsaturated/α-hetero) is 1. The molecular weight excluding hydrogens is 459 g/mol. The topological polar surface area (TPSA) is 79.7 Å². The van der Waals surface area contributed by atoms with E-state index in [0.29, 0.717) is 33.6 Å². The maximum atomic E-state index is 13.0. The van der Waals surface area contributed by atoms with Crippen LogP contribution in [0.25, 0.3) is 5.76 Å². The predicted molar refractivity (Wildman–Crippen MR) is 121 cm³/mol. The van der Waals surface area contributed by atoms with Crippen LogP contribution in [0.2, 0.25) is 10.0 Å². The number of nitrogens with zero attached hydrogens (tertiary/aromatic N) is 2. The number of carbonyl (C=O) groups excluding carboxylic acids is 2. The van der Waals surface area contributed by atoms with Crippen LogP contribution in [-0.4, -0.2) is 28.4 Å². The first-order chi connectivity index (χ1) is 14.9. The summed E-state index contributed by atoms with van der Waals surface area (Å²) in [5, 5.41) is 13.7. The van der Waals surface area contributed by atoms with Gasteiger partial charge in [-0.1, -0.05) is 29.3 Å². The minimum atomic E-state index is -0.910. The van der Waals surface area contributed by atoms with Crippen molar-refractivity contribution in [3.63, 3.8) is 0 Å². The number of benzene rings is 2. The third kappa shape index (κ3) is 3.92. The molecule has 0 spiro atoms. The van der Waals surface area contributed by atoms with Crippen LogP contribution in [0.15, 0.2) is 59.6 Å². The number of thiazole rings is 1. The van der Waals surface area contributed by atoms with Crippen LogP contribution in [0.4, 0.5) is 5.13 Å². The number of aromatic nitrogens is 1. The van der Waals surface area contributed by atoms with E-state index in [9.17, 15) is 14.7 Å². The molecule has 1 aliphatic heterocycles. The Morgan fingerprint density at radius 2 is 1.90 bits per heavy atom. The third-order valence-electron chi connectivity index (χ3n) is 4.77. The molecule has 2 heterocycles. The molecule has 0 bridgehead atoms. The highest BCUT2D eigenvalue weighted by Gasteiger charge is 2.48. The fourth-order valence-electron chi connectivity index (χ4n) is 3.39. The zero-order chi connectivity index (χ0) is 22.1. The molecule has 0 aliphatic carbocycles. The summed E-state index contributed by atoms with van der Waals surface area (Å²) in [5.41, 5.74) is 0.852. The average molecular weight is 475 g/mol. The van der Waals surface area contributed by atoms with E-state index in [1.165, 1.54) is 22.4 Å². The summed E-state index contributed by atoms with van der Waals surface area (Å²) in [7, 11) is 0. The van der Waals surface area contributed by atoms with Gasteiger partial charge in [-0.05, 0) is 48.9 Å². The van der Waals surface area contributed by atoms with Gasteiger partial charge in [-0.25, -0.2) is 4.98 Å². The maximum absolute atomic E-state index is 13.0. The highest BCUT2D eigenvalue weighted by molar-refractivity contribution is 7.14. The number of anilines is 1. The van der Waals surface area contributed by atoms with E-state index >= 15 is 0 Å². The van der Waals surface area contributed by atoms with Gasteiger partial charge in [-0.3, -0.25) is 14.5 Å². The number of ether oxygens (including phenoxy) is 1. The highest BCUT2D eigenvalue weighted by atomic mass is 35.5. The number of halogens is 2. The van der Waals surface area contributed by atoms with Crippen LogP contribution in [0.5, 0.6) is 5.75 Å². The molecule has 0 radical (unpaired) electrons. The molecule has 3 aromatic rings. The van der Waals surface area contributed by atoms with Crippen LogP contribution < -0.4 is 9.64 Å². The quantitative estimate of drug-likeness (QED) is 0.301. The second-order valence-electron chi connectivity index (χ2n) is 6.61. The summed E-state index contributed by atoms with van der Waals surface area (Å²) in [6.45, 7) is 2.37. The Kier molecular flexibility index (Phi) is 6.00. The maximum Gasteiger partial charge on any atom is 0.301 e. The first-order valence-electron chi connectivity index (χ1n) is 9.31. The summed E-state index contributed by atoms with van der Waals surface area (Å²) in [6.07, 6.45) is 1.54. The summed E-state index contributed by atoms with van der Waals surface area (Å²) in [5.74, 6) is -1.25. The molecule has 158 valence electrons. The number of ketones is 1. The van der Waals surface area contributed by atoms with Gasteiger partial charge in [-0.15, -0.1) is 11.3 Å². The van der Waals surface area contributed by atoms with Gasteiger partial charge in [0, 0.05) is 17.1 Å². The second-order valence-corrected chi connectivity index (χ2v) is 8.30. The summed E-state index contributed by atoms with van der Waals surface area (Å²) >= 11 is 13.5. The van der Waals surface area contributed by atoms with E-state index in [4.69, 9.17) is 27.9 Å². The normalized spacial score (nSPS) is 17.9. The Hall–Kier alpha value is -2.87. The summed E-state index contributed by atoms with van der Waals surface area (Å²) in [4.78, 5) is 31.4. The van der Waals surface area contributed by atoms with Crippen LogP contribution in [0.1, 0.15) is 24.1 Å². The van der Waals surface area contributed by atoms with E-state index in [1.54, 1.807) is 47.8 Å². The van der Waals surface area contributed by atoms with Gasteiger partial charge in [0.15, 0.2) is 5.13 Å². The Morgan fingerprint density at radius 3 is 2.52 bits per heavy atom. The van der Waals surface area contributed by atoms with Crippen molar-refractivity contribution in [1.82, 2.24) is 4.98 Å². The molecule has 1 saturated heterocycles. The molecule has 1 aromatic heterocycles. The van der Waals surface area contributed by atoms with Gasteiger partial charge in [0.25, 0.3) is 5.78 Å². The minimum Gasteiger partial charge on any atom is -0.507 e. The molecule has 4 rings (SSSR count). The van der Waals surface area contributed by atoms with Gasteiger partial charge in [0.05, 0.1) is 28.3 Å². The van der Waals surface area contributed by atoms with Crippen LogP contribution in [-0.2, 0) is 9.59 Å². The first kappa shape index (κ1) is 21.4. The number of carbonyl (C=O) groups is 2. The van der Waals surface area contributed by atoms with Crippen molar-refractivity contribution in [2.24, 2.45) is 0 Å². The smallest absolute Gasteiger partial charge is 0.301 e. The van der Waals surface area contributed by atoms with Crippen molar-refractivity contribution >= 4 is 57.1 Å². The molecule has 9 heteroatoms. The zero-order valence-corrected chi connectivity index (χ0v) is 18.5. The van der Waals surface area contributed by atoms with E-state index in [2.05, 4.69) is 4.98 Å². The molecule has 1 aliphatic rings. The molecule has 0 saturated carbocycles. The minimum absolute atomic E-state index is 0.0530. The van der Waals surface area contributed by atoms with Gasteiger partial charge in [-0.2, -0.15) is 0 Å². The van der Waals surface area contributed by atoms with Crippen LogP contribution in [0, 0.1) is 0 Å². The van der Waals surface area contributed by atoms with Gasteiger partial charge < -0.3 is 9.84 Å². The van der Waals surface area contributed by atoms with Crippen molar-refractivity contribution in [1.29, 1.82) is 0 Å². The largest absolute Gasteiger partial charge is 0.507 e. The number of hydrogen-bond donors (Lipinski definition) is 1. The van der Waals surface area contributed by atoms with Crippen LogP contribution in [0.3, 0.4) is 0 Å². The molecule has 1 fully saturated rings. The van der Waals surface area contributed by atoms with E-state index in [1.807, 2.05) is 6.92 Å². The van der Waals surface area contributed by atoms with E-state index in [-0.39, 0.29) is 16.4 Å². The lowest BCUT2D eigenvalue weighted by Crippen LogP contribution is -2.29. The van der Waals surface area contributed by atoms with E-state index in [0.717, 1.165) is 0 Å². The highest BCUT2D eigenvalue weighted by Crippen LogP contribution is 2.43. The molecule has 1 N–H and O–H groups in total. The van der Waals surface area contributed by atoms with Crippen molar-refractivity contribution in [3.05, 3.63) is 80.8 Å². The Balaban J connectivity index is 1.89. The fraction of sp³-hybridized carbons (Fsp3) is 0.136. The molecule has 31 heavy (non-hydrogen) atoms. The lowest BCUT2D eigenvalue weighted by Gasteiger charge is -2.23. The Labute approximate surface area is 192 Å². The number of aliphatic hydroxyl groups is 1. The van der Waals surface area contributed by atoms with Crippen molar-refractivity contribution in [3.8, 4) is 5.75 Å². The van der Waals surface area contributed by atoms with Gasteiger partial charge in [0.2, 0.25) is 0 Å². The summed E-state index contributed by atoms with van der Waals surface area (Å²) < 4.78 is 5.42. The lowest BCUT2D eigenvalue weighted by atomic mass is 9.95. The van der Waals surface area contributed by atoms with Gasteiger partial charge >= 0.3 is 5.91 Å². The first-order valence-corrected chi connectivity index (χ1v) is 10.9. The van der Waals surface area contributed by atoms with Gasteiger partial charge in [0.1, 0.15) is 11.5 Å². The van der Waals surface area contributed by atoms with Crippen molar-refractivity contribution in [2.75, 3.05) is 11.5 Å². The number of amides is 1. The molecule has 1 unspecified atom stereocenters. The molecule has 2 aromatic carbocycles. The molecular formula is C22H16Cl2N2O4S. The summed E-state index contributed by atoms with van der Waals surface area (Å²) in [6, 6.07) is 10.5. The number of aliphatic hydroxyl groups excluding tert-OH is 1. The van der Waals surface area contributed by atoms with Crippen LogP contribution >= 0.6 is 34.5 Å². The number of hydrogen-bond acceptors (Lipinski definition) is 6. The van der Waals surface area contributed by atoms with Crippen molar-refractivity contribution < 1.29 is 19.4 Å². The second kappa shape index (κ2) is 8.70. The SMILES string of the molecule is CCOc1ccc(C(O)=C2C(=O)C(=O)N(c3nccs3)C2c2ccc(Cl)c(Cl)c2)cc1. The van der Waals surface area contributed by atoms with E-state index < -0.39 is 17.7 Å². The fourth-order valence-corrected chi connectivity index (χ4v) is 4.37. The average Bonchev–Trinajstić information content (AvgIpc) is 3.37. The molecule has 1 amide bonds. The standard InChI is InChI=1S/C22H16Cl2N2O4S/c1-2-30-14-6-3-12(4-7-14)19(27)17-18(13-5-8-15(23)16(24)11-13)26(21(29)20(17)28)22-25-9-10-31-22/h3-11,18,27H,2H2,1H3. The predicted octanol–water partition coefficient (Wildman–Crippen LogP) is 5.47. The zero-order valence-electron chi connectivity index (χ0n) is 16.2. The monoisotopic (exact) mass is 474 g/mol. The Morgan fingerprint density at radius 1 is 1.16 bits per heavy atom. The lowest BCUT2D eigenvalue weighted by molar-refractivity contribution is -0.132. The third-order valence-corrected chi connectivity index (χ3v) is 6.28. The van der Waals surface area contributed by atoms with Crippen molar-refractivity contribution in [2.45, 2.75) is 13.0 Å². The molecule has 1 atom stereocenters. The number of rotatable bonds is 5.